The van der Waals surface area contributed by atoms with Gasteiger partial charge in [-0.05, 0) is 45.3 Å². The molecule has 0 spiro atoms. The van der Waals surface area contributed by atoms with E-state index in [9.17, 15) is 0 Å². The van der Waals surface area contributed by atoms with Crippen LogP contribution in [-0.4, -0.2) is 49.8 Å². The number of benzene rings is 1. The lowest BCUT2D eigenvalue weighted by molar-refractivity contribution is -0.0624. The van der Waals surface area contributed by atoms with Crippen LogP contribution in [0.25, 0.3) is 0 Å². The van der Waals surface area contributed by atoms with Crippen LogP contribution in [0.4, 0.5) is 0 Å². The van der Waals surface area contributed by atoms with Crippen molar-refractivity contribution < 1.29 is 4.74 Å². The summed E-state index contributed by atoms with van der Waals surface area (Å²) in [6.45, 7) is 10.8. The second-order valence-corrected chi connectivity index (χ2v) is 7.18. The molecule has 1 aromatic rings. The van der Waals surface area contributed by atoms with E-state index >= 15 is 0 Å². The third-order valence-corrected chi connectivity index (χ3v) is 5.26. The summed E-state index contributed by atoms with van der Waals surface area (Å²) in [6.07, 6.45) is 2.45. The molecular formula is C18H28N2O. The predicted octanol–water partition coefficient (Wildman–Crippen LogP) is 2.42. The lowest BCUT2D eigenvalue weighted by Gasteiger charge is -2.49. The van der Waals surface area contributed by atoms with Crippen LogP contribution in [0.3, 0.4) is 0 Å². The van der Waals surface area contributed by atoms with Crippen LogP contribution in [0.5, 0.6) is 0 Å². The molecule has 0 bridgehead atoms. The fourth-order valence-corrected chi connectivity index (χ4v) is 3.78. The number of hydrogen-bond donors (Lipinski definition) is 1. The van der Waals surface area contributed by atoms with E-state index < -0.39 is 0 Å². The summed E-state index contributed by atoms with van der Waals surface area (Å²) in [5.41, 5.74) is 1.94. The van der Waals surface area contributed by atoms with Gasteiger partial charge in [0.25, 0.3) is 0 Å². The smallest absolute Gasteiger partial charge is 0.0645 e. The van der Waals surface area contributed by atoms with Crippen LogP contribution in [0.15, 0.2) is 30.3 Å². The average Bonchev–Trinajstić information content (AvgIpc) is 2.51. The molecule has 3 nitrogen and oxygen atoms in total. The van der Waals surface area contributed by atoms with Gasteiger partial charge in [-0.3, -0.25) is 4.90 Å². The molecule has 116 valence electrons. The zero-order valence-corrected chi connectivity index (χ0v) is 13.4. The topological polar surface area (TPSA) is 24.5 Å². The minimum Gasteiger partial charge on any atom is -0.378 e. The van der Waals surface area contributed by atoms with Gasteiger partial charge in [0.2, 0.25) is 0 Å². The maximum Gasteiger partial charge on any atom is 0.0645 e. The normalized spacial score (nSPS) is 25.6. The molecule has 2 saturated heterocycles. The monoisotopic (exact) mass is 288 g/mol. The Labute approximate surface area is 128 Å². The second kappa shape index (κ2) is 6.07. The fourth-order valence-electron chi connectivity index (χ4n) is 3.78. The van der Waals surface area contributed by atoms with Crippen molar-refractivity contribution in [2.24, 2.45) is 0 Å². The molecular weight excluding hydrogens is 260 g/mol. The van der Waals surface area contributed by atoms with Crippen molar-refractivity contribution in [1.29, 1.82) is 0 Å². The maximum absolute atomic E-state index is 5.69. The molecule has 0 amide bonds. The molecule has 0 saturated carbocycles. The summed E-state index contributed by atoms with van der Waals surface area (Å²) < 4.78 is 5.69. The Balaban J connectivity index is 1.86. The number of morpholine rings is 1. The van der Waals surface area contributed by atoms with Gasteiger partial charge in [0, 0.05) is 24.0 Å². The lowest BCUT2D eigenvalue weighted by Crippen LogP contribution is -2.58. The van der Waals surface area contributed by atoms with Gasteiger partial charge in [0.1, 0.15) is 0 Å². The lowest BCUT2D eigenvalue weighted by atomic mass is 9.72. The van der Waals surface area contributed by atoms with Crippen molar-refractivity contribution in [3.63, 3.8) is 0 Å². The standard InChI is InChI=1S/C18H28N2O/c1-17(2)15-21-13-12-20(17)14-18(8-10-19-11-9-18)16-6-4-3-5-7-16/h3-7,19H,8-15H2,1-2H3. The molecule has 0 unspecified atom stereocenters. The van der Waals surface area contributed by atoms with Crippen molar-refractivity contribution in [2.45, 2.75) is 37.6 Å². The Morgan fingerprint density at radius 2 is 1.86 bits per heavy atom. The summed E-state index contributed by atoms with van der Waals surface area (Å²) in [5, 5.41) is 3.52. The van der Waals surface area contributed by atoms with Crippen LogP contribution >= 0.6 is 0 Å². The van der Waals surface area contributed by atoms with Crippen molar-refractivity contribution in [3.05, 3.63) is 35.9 Å². The highest BCUT2D eigenvalue weighted by atomic mass is 16.5. The van der Waals surface area contributed by atoms with Crippen LogP contribution < -0.4 is 5.32 Å². The highest BCUT2D eigenvalue weighted by Crippen LogP contribution is 2.36. The van der Waals surface area contributed by atoms with Gasteiger partial charge in [-0.1, -0.05) is 30.3 Å². The summed E-state index contributed by atoms with van der Waals surface area (Å²) in [6, 6.07) is 11.1. The number of piperidine rings is 1. The number of hydrogen-bond acceptors (Lipinski definition) is 3. The Morgan fingerprint density at radius 1 is 1.14 bits per heavy atom. The van der Waals surface area contributed by atoms with Gasteiger partial charge in [0.05, 0.1) is 13.2 Å². The third kappa shape index (κ3) is 3.15. The molecule has 2 aliphatic rings. The van der Waals surface area contributed by atoms with Gasteiger partial charge in [0.15, 0.2) is 0 Å². The summed E-state index contributed by atoms with van der Waals surface area (Å²) >= 11 is 0. The quantitative estimate of drug-likeness (QED) is 0.924. The predicted molar refractivity (Wildman–Crippen MR) is 86.7 cm³/mol. The maximum atomic E-state index is 5.69. The molecule has 21 heavy (non-hydrogen) atoms. The number of nitrogens with zero attached hydrogens (tertiary/aromatic N) is 1. The molecule has 1 N–H and O–H groups in total. The molecule has 0 radical (unpaired) electrons. The number of rotatable bonds is 3. The zero-order valence-electron chi connectivity index (χ0n) is 13.4. The largest absolute Gasteiger partial charge is 0.378 e. The van der Waals surface area contributed by atoms with Crippen LogP contribution in [0.1, 0.15) is 32.3 Å². The van der Waals surface area contributed by atoms with E-state index in [1.165, 1.54) is 18.4 Å². The molecule has 0 aromatic heterocycles. The van der Waals surface area contributed by atoms with Crippen molar-refractivity contribution in [3.8, 4) is 0 Å². The summed E-state index contributed by atoms with van der Waals surface area (Å²) in [7, 11) is 0. The molecule has 1 aromatic carbocycles. The highest BCUT2D eigenvalue weighted by Gasteiger charge is 2.40. The van der Waals surface area contributed by atoms with E-state index in [1.54, 1.807) is 0 Å². The van der Waals surface area contributed by atoms with E-state index in [-0.39, 0.29) is 5.54 Å². The van der Waals surface area contributed by atoms with E-state index in [2.05, 4.69) is 54.4 Å². The zero-order chi connectivity index (χ0) is 14.8. The highest BCUT2D eigenvalue weighted by molar-refractivity contribution is 5.27. The van der Waals surface area contributed by atoms with Gasteiger partial charge >= 0.3 is 0 Å². The van der Waals surface area contributed by atoms with Gasteiger partial charge in [-0.2, -0.15) is 0 Å². The fraction of sp³-hybridized carbons (Fsp3) is 0.667. The first-order valence-corrected chi connectivity index (χ1v) is 8.22. The molecule has 2 aliphatic heterocycles. The first-order valence-electron chi connectivity index (χ1n) is 8.22. The summed E-state index contributed by atoms with van der Waals surface area (Å²) in [5.74, 6) is 0. The molecule has 2 fully saturated rings. The molecule has 2 heterocycles. The van der Waals surface area contributed by atoms with Crippen molar-refractivity contribution in [1.82, 2.24) is 10.2 Å². The van der Waals surface area contributed by atoms with E-state index in [1.807, 2.05) is 0 Å². The van der Waals surface area contributed by atoms with E-state index in [4.69, 9.17) is 4.74 Å². The van der Waals surface area contributed by atoms with Crippen LogP contribution in [-0.2, 0) is 10.2 Å². The molecule has 3 rings (SSSR count). The average molecular weight is 288 g/mol. The first-order chi connectivity index (χ1) is 10.1. The van der Waals surface area contributed by atoms with Crippen LogP contribution in [0, 0.1) is 0 Å². The van der Waals surface area contributed by atoms with Crippen molar-refractivity contribution >= 4 is 0 Å². The van der Waals surface area contributed by atoms with E-state index in [0.717, 1.165) is 39.4 Å². The Hall–Kier alpha value is -0.900. The van der Waals surface area contributed by atoms with Crippen LogP contribution in [0.2, 0.25) is 0 Å². The first kappa shape index (κ1) is 15.0. The Kier molecular flexibility index (Phi) is 4.34. The number of nitrogens with one attached hydrogen (secondary N) is 1. The minimum atomic E-state index is 0.144. The second-order valence-electron chi connectivity index (χ2n) is 7.18. The number of ether oxygens (including phenoxy) is 1. The SMILES string of the molecule is CC1(C)COCCN1CC1(c2ccccc2)CCNCC1. The van der Waals surface area contributed by atoms with Gasteiger partial charge in [-0.15, -0.1) is 0 Å². The molecule has 0 atom stereocenters. The van der Waals surface area contributed by atoms with Gasteiger partial charge < -0.3 is 10.1 Å². The van der Waals surface area contributed by atoms with Crippen molar-refractivity contribution in [2.75, 3.05) is 39.4 Å². The summed E-state index contributed by atoms with van der Waals surface area (Å²) in [4.78, 5) is 2.65. The molecule has 0 aliphatic carbocycles. The Morgan fingerprint density at radius 3 is 2.52 bits per heavy atom. The minimum absolute atomic E-state index is 0.144. The van der Waals surface area contributed by atoms with Gasteiger partial charge in [-0.25, -0.2) is 0 Å². The Bertz CT molecular complexity index is 452. The third-order valence-electron chi connectivity index (χ3n) is 5.26. The molecule has 3 heteroatoms. The van der Waals surface area contributed by atoms with E-state index in [0.29, 0.717) is 5.41 Å².